The van der Waals surface area contributed by atoms with Gasteiger partial charge in [-0.2, -0.15) is 0 Å². The van der Waals surface area contributed by atoms with Crippen LogP contribution in [0.4, 0.5) is 0 Å². The van der Waals surface area contributed by atoms with Gasteiger partial charge in [0.15, 0.2) is 0 Å². The van der Waals surface area contributed by atoms with Crippen LogP contribution < -0.4 is 5.32 Å². The van der Waals surface area contributed by atoms with Crippen LogP contribution in [0.2, 0.25) is 10.0 Å². The van der Waals surface area contributed by atoms with Crippen LogP contribution in [-0.4, -0.2) is 55.0 Å². The highest BCUT2D eigenvalue weighted by molar-refractivity contribution is 6.36. The van der Waals surface area contributed by atoms with Crippen LogP contribution in [0.5, 0.6) is 0 Å². The number of nitrogens with one attached hydrogen (secondary N) is 1. The largest absolute Gasteiger partial charge is 0.355 e. The molecule has 144 valence electrons. The standard InChI is InChI=1S/C21H25Cl2N3O/c22-19-7-4-8-20(23)18(19)15-21(27)24-9-10-25-11-13-26(14-12-25)16-17-5-2-1-3-6-17/h1-8H,9-16H2,(H,24,27). The van der Waals surface area contributed by atoms with E-state index < -0.39 is 0 Å². The van der Waals surface area contributed by atoms with Gasteiger partial charge in [0.25, 0.3) is 0 Å². The Morgan fingerprint density at radius 3 is 2.19 bits per heavy atom. The first-order chi connectivity index (χ1) is 13.1. The van der Waals surface area contributed by atoms with Crippen molar-refractivity contribution in [2.24, 2.45) is 0 Å². The average molecular weight is 406 g/mol. The number of rotatable bonds is 7. The van der Waals surface area contributed by atoms with E-state index in [1.165, 1.54) is 5.56 Å². The molecule has 0 atom stereocenters. The second-order valence-electron chi connectivity index (χ2n) is 6.83. The van der Waals surface area contributed by atoms with Crippen molar-refractivity contribution in [2.45, 2.75) is 13.0 Å². The molecule has 6 heteroatoms. The molecule has 0 radical (unpaired) electrons. The molecule has 2 aromatic carbocycles. The van der Waals surface area contributed by atoms with E-state index in [-0.39, 0.29) is 12.3 Å². The van der Waals surface area contributed by atoms with Crippen molar-refractivity contribution in [2.75, 3.05) is 39.3 Å². The molecule has 1 aliphatic heterocycles. The van der Waals surface area contributed by atoms with Gasteiger partial charge >= 0.3 is 0 Å². The highest BCUT2D eigenvalue weighted by atomic mass is 35.5. The number of halogens is 2. The van der Waals surface area contributed by atoms with Crippen LogP contribution in [0.15, 0.2) is 48.5 Å². The number of carbonyl (C=O) groups excluding carboxylic acids is 1. The first-order valence-corrected chi connectivity index (χ1v) is 10.1. The van der Waals surface area contributed by atoms with E-state index in [4.69, 9.17) is 23.2 Å². The molecule has 1 heterocycles. The van der Waals surface area contributed by atoms with Gasteiger partial charge in [-0.05, 0) is 23.3 Å². The summed E-state index contributed by atoms with van der Waals surface area (Å²) in [5.41, 5.74) is 2.05. The molecular weight excluding hydrogens is 381 g/mol. The molecule has 0 bridgehead atoms. The van der Waals surface area contributed by atoms with E-state index in [0.717, 1.165) is 39.3 Å². The Labute approximate surface area is 171 Å². The molecule has 0 aliphatic carbocycles. The number of amides is 1. The van der Waals surface area contributed by atoms with Crippen LogP contribution in [0.1, 0.15) is 11.1 Å². The fourth-order valence-electron chi connectivity index (χ4n) is 3.29. The van der Waals surface area contributed by atoms with Crippen molar-refractivity contribution >= 4 is 29.1 Å². The molecule has 4 nitrogen and oxygen atoms in total. The zero-order valence-electron chi connectivity index (χ0n) is 15.3. The quantitative estimate of drug-likeness (QED) is 0.765. The maximum absolute atomic E-state index is 12.2. The Balaban J connectivity index is 1.35. The molecule has 27 heavy (non-hydrogen) atoms. The minimum Gasteiger partial charge on any atom is -0.355 e. The summed E-state index contributed by atoms with van der Waals surface area (Å²) < 4.78 is 0. The van der Waals surface area contributed by atoms with Crippen molar-refractivity contribution in [3.05, 3.63) is 69.7 Å². The van der Waals surface area contributed by atoms with Crippen LogP contribution in [-0.2, 0) is 17.8 Å². The van der Waals surface area contributed by atoms with Gasteiger partial charge in [0, 0.05) is 55.9 Å². The van der Waals surface area contributed by atoms with Crippen LogP contribution >= 0.6 is 23.2 Å². The SMILES string of the molecule is O=C(Cc1c(Cl)cccc1Cl)NCCN1CCN(Cc2ccccc2)CC1. The fourth-order valence-corrected chi connectivity index (χ4v) is 3.82. The lowest BCUT2D eigenvalue weighted by atomic mass is 10.1. The maximum Gasteiger partial charge on any atom is 0.224 e. The first kappa shape index (κ1) is 20.2. The summed E-state index contributed by atoms with van der Waals surface area (Å²) in [4.78, 5) is 17.0. The van der Waals surface area contributed by atoms with Crippen molar-refractivity contribution in [3.63, 3.8) is 0 Å². The first-order valence-electron chi connectivity index (χ1n) is 9.30. The van der Waals surface area contributed by atoms with Gasteiger partial charge in [0.2, 0.25) is 5.91 Å². The minimum atomic E-state index is -0.0484. The number of benzene rings is 2. The minimum absolute atomic E-state index is 0.0484. The highest BCUT2D eigenvalue weighted by Gasteiger charge is 2.17. The summed E-state index contributed by atoms with van der Waals surface area (Å²) in [6.45, 7) is 6.67. The molecule has 2 aromatic rings. The average Bonchev–Trinajstić information content (AvgIpc) is 2.67. The van der Waals surface area contributed by atoms with Crippen LogP contribution in [0.3, 0.4) is 0 Å². The van der Waals surface area contributed by atoms with Gasteiger partial charge < -0.3 is 5.32 Å². The van der Waals surface area contributed by atoms with E-state index in [2.05, 4.69) is 45.4 Å². The van der Waals surface area contributed by atoms with Gasteiger partial charge in [0.1, 0.15) is 0 Å². The zero-order chi connectivity index (χ0) is 19.1. The van der Waals surface area contributed by atoms with Crippen molar-refractivity contribution < 1.29 is 4.79 Å². The lowest BCUT2D eigenvalue weighted by Crippen LogP contribution is -2.48. The van der Waals surface area contributed by atoms with Gasteiger partial charge in [0.05, 0.1) is 6.42 Å². The van der Waals surface area contributed by atoms with Gasteiger partial charge in [-0.15, -0.1) is 0 Å². The Bertz CT molecular complexity index is 726. The molecule has 0 spiro atoms. The third kappa shape index (κ3) is 6.22. The Morgan fingerprint density at radius 2 is 1.52 bits per heavy atom. The van der Waals surface area contributed by atoms with Gasteiger partial charge in [-0.1, -0.05) is 59.6 Å². The number of carbonyl (C=O) groups is 1. The van der Waals surface area contributed by atoms with E-state index in [1.807, 2.05) is 0 Å². The second-order valence-corrected chi connectivity index (χ2v) is 7.64. The molecule has 3 rings (SSSR count). The van der Waals surface area contributed by atoms with Gasteiger partial charge in [-0.3, -0.25) is 14.6 Å². The molecule has 0 unspecified atom stereocenters. The molecular formula is C21H25Cl2N3O. The summed E-state index contributed by atoms with van der Waals surface area (Å²) in [6, 6.07) is 15.9. The molecule has 1 fully saturated rings. The lowest BCUT2D eigenvalue weighted by molar-refractivity contribution is -0.120. The molecule has 0 aromatic heterocycles. The third-order valence-corrected chi connectivity index (χ3v) is 5.57. The van der Waals surface area contributed by atoms with E-state index in [9.17, 15) is 4.79 Å². The van der Waals surface area contributed by atoms with Crippen molar-refractivity contribution in [1.29, 1.82) is 0 Å². The van der Waals surface area contributed by atoms with E-state index in [0.29, 0.717) is 22.2 Å². The monoisotopic (exact) mass is 405 g/mol. The Hall–Kier alpha value is -1.59. The Morgan fingerprint density at radius 1 is 0.889 bits per heavy atom. The zero-order valence-corrected chi connectivity index (χ0v) is 16.8. The predicted octanol–water partition coefficient (Wildman–Crippen LogP) is 3.47. The van der Waals surface area contributed by atoms with E-state index >= 15 is 0 Å². The third-order valence-electron chi connectivity index (χ3n) is 4.86. The van der Waals surface area contributed by atoms with Crippen molar-refractivity contribution in [1.82, 2.24) is 15.1 Å². The summed E-state index contributed by atoms with van der Waals surface area (Å²) in [6.07, 6.45) is 0.212. The predicted molar refractivity (Wildman–Crippen MR) is 111 cm³/mol. The summed E-state index contributed by atoms with van der Waals surface area (Å²) in [5, 5.41) is 4.04. The molecule has 1 aliphatic rings. The molecule has 0 saturated carbocycles. The number of nitrogens with zero attached hydrogens (tertiary/aromatic N) is 2. The second kappa shape index (κ2) is 10.1. The summed E-state index contributed by atoms with van der Waals surface area (Å²) in [5.74, 6) is -0.0484. The van der Waals surface area contributed by atoms with Crippen LogP contribution in [0, 0.1) is 0 Å². The van der Waals surface area contributed by atoms with E-state index in [1.54, 1.807) is 18.2 Å². The van der Waals surface area contributed by atoms with Gasteiger partial charge in [-0.25, -0.2) is 0 Å². The Kier molecular flexibility index (Phi) is 7.53. The smallest absolute Gasteiger partial charge is 0.224 e. The van der Waals surface area contributed by atoms with Crippen LogP contribution in [0.25, 0.3) is 0 Å². The molecule has 1 N–H and O–H groups in total. The molecule has 1 amide bonds. The highest BCUT2D eigenvalue weighted by Crippen LogP contribution is 2.24. The number of hydrogen-bond acceptors (Lipinski definition) is 3. The normalized spacial score (nSPS) is 15.6. The number of piperazine rings is 1. The number of hydrogen-bond donors (Lipinski definition) is 1. The fraction of sp³-hybridized carbons (Fsp3) is 0.381. The maximum atomic E-state index is 12.2. The topological polar surface area (TPSA) is 35.6 Å². The molecule has 1 saturated heterocycles. The summed E-state index contributed by atoms with van der Waals surface area (Å²) >= 11 is 12.2. The van der Waals surface area contributed by atoms with Crippen molar-refractivity contribution in [3.8, 4) is 0 Å². The lowest BCUT2D eigenvalue weighted by Gasteiger charge is -2.34. The summed E-state index contributed by atoms with van der Waals surface area (Å²) in [7, 11) is 0.